The number of benzene rings is 2. The van der Waals surface area contributed by atoms with Crippen LogP contribution >= 0.6 is 0 Å². The number of hydrogen-bond acceptors (Lipinski definition) is 3. The monoisotopic (exact) mass is 441 g/mol. The number of fused-ring (bicyclic) bond motifs is 1. The molecule has 0 radical (unpaired) electrons. The van der Waals surface area contributed by atoms with Crippen LogP contribution in [0.1, 0.15) is 53.5 Å². The molecule has 0 aliphatic carbocycles. The van der Waals surface area contributed by atoms with Gasteiger partial charge in [0.1, 0.15) is 5.75 Å². The van der Waals surface area contributed by atoms with Crippen LogP contribution in [0.2, 0.25) is 0 Å². The molecule has 4 rings (SSSR count). The van der Waals surface area contributed by atoms with Crippen LogP contribution in [0.3, 0.4) is 0 Å². The number of primary amides is 1. The van der Waals surface area contributed by atoms with Gasteiger partial charge in [0.2, 0.25) is 0 Å². The molecule has 0 fully saturated rings. The third-order valence-electron chi connectivity index (χ3n) is 6.27. The summed E-state index contributed by atoms with van der Waals surface area (Å²) >= 11 is 0. The molecule has 0 bridgehead atoms. The molecular weight excluding hydrogens is 410 g/mol. The standard InChI is InChI=1S/C28H31N3O2/c1-4-5-6-14-24-27(23-17-16-20-11-7-9-13-22(20)30-23)26(28(29)32)19(2)31(24)18-21-12-8-10-15-25(21)33-3/h7-13,15-17H,4-6,14,18H2,1-3H3,(H2,29,32). The molecule has 0 aliphatic rings. The summed E-state index contributed by atoms with van der Waals surface area (Å²) < 4.78 is 7.82. The molecule has 2 aromatic heterocycles. The molecule has 0 unspecified atom stereocenters. The molecule has 2 N–H and O–H groups in total. The van der Waals surface area contributed by atoms with E-state index < -0.39 is 5.91 Å². The SMILES string of the molecule is CCCCCc1c(-c2ccc3ccccc3n2)c(C(N)=O)c(C)n1Cc1ccccc1OC. The Morgan fingerprint density at radius 1 is 1.03 bits per heavy atom. The number of carbonyl (C=O) groups excluding carboxylic acids is 1. The summed E-state index contributed by atoms with van der Waals surface area (Å²) in [5.41, 5.74) is 12.1. The smallest absolute Gasteiger partial charge is 0.251 e. The van der Waals surface area contributed by atoms with Crippen molar-refractivity contribution >= 4 is 16.8 Å². The van der Waals surface area contributed by atoms with Crippen molar-refractivity contribution in [3.05, 3.63) is 83.2 Å². The molecule has 170 valence electrons. The van der Waals surface area contributed by atoms with Crippen LogP contribution in [0.5, 0.6) is 5.75 Å². The Balaban J connectivity index is 1.93. The highest BCUT2D eigenvalue weighted by Crippen LogP contribution is 2.35. The number of unbranched alkanes of at least 4 members (excludes halogenated alkanes) is 2. The van der Waals surface area contributed by atoms with Crippen molar-refractivity contribution in [2.75, 3.05) is 7.11 Å². The van der Waals surface area contributed by atoms with E-state index in [1.165, 1.54) is 0 Å². The van der Waals surface area contributed by atoms with Gasteiger partial charge in [0, 0.05) is 27.9 Å². The molecule has 5 heteroatoms. The van der Waals surface area contributed by atoms with Gasteiger partial charge >= 0.3 is 0 Å². The summed E-state index contributed by atoms with van der Waals surface area (Å²) in [6.45, 7) is 4.77. The number of aromatic nitrogens is 2. The third-order valence-corrected chi connectivity index (χ3v) is 6.27. The van der Waals surface area contributed by atoms with Crippen molar-refractivity contribution in [2.45, 2.75) is 46.1 Å². The van der Waals surface area contributed by atoms with Crippen LogP contribution in [0.25, 0.3) is 22.2 Å². The number of hydrogen-bond donors (Lipinski definition) is 1. The largest absolute Gasteiger partial charge is 0.496 e. The van der Waals surface area contributed by atoms with Crippen LogP contribution in [0, 0.1) is 6.92 Å². The zero-order valence-electron chi connectivity index (χ0n) is 19.6. The Bertz CT molecular complexity index is 1290. The van der Waals surface area contributed by atoms with Crippen LogP contribution in [-0.2, 0) is 13.0 Å². The first-order valence-electron chi connectivity index (χ1n) is 11.5. The van der Waals surface area contributed by atoms with E-state index in [1.54, 1.807) is 7.11 Å². The maximum Gasteiger partial charge on any atom is 0.251 e. The van der Waals surface area contributed by atoms with Crippen LogP contribution in [0.4, 0.5) is 0 Å². The first-order valence-corrected chi connectivity index (χ1v) is 11.5. The van der Waals surface area contributed by atoms with Gasteiger partial charge in [0.25, 0.3) is 5.91 Å². The molecule has 4 aromatic rings. The molecule has 1 amide bonds. The maximum absolute atomic E-state index is 12.7. The van der Waals surface area contributed by atoms with E-state index in [9.17, 15) is 4.79 Å². The average Bonchev–Trinajstić information content (AvgIpc) is 3.10. The lowest BCUT2D eigenvalue weighted by Gasteiger charge is -2.15. The van der Waals surface area contributed by atoms with Gasteiger partial charge in [-0.15, -0.1) is 0 Å². The highest BCUT2D eigenvalue weighted by molar-refractivity contribution is 6.02. The van der Waals surface area contributed by atoms with E-state index in [2.05, 4.69) is 23.6 Å². The number of amides is 1. The lowest BCUT2D eigenvalue weighted by Crippen LogP contribution is -2.14. The van der Waals surface area contributed by atoms with Gasteiger partial charge in [-0.1, -0.05) is 62.2 Å². The molecule has 5 nitrogen and oxygen atoms in total. The van der Waals surface area contributed by atoms with Gasteiger partial charge < -0.3 is 15.0 Å². The second-order valence-electron chi connectivity index (χ2n) is 8.39. The number of para-hydroxylation sites is 2. The van der Waals surface area contributed by atoms with Crippen molar-refractivity contribution in [1.29, 1.82) is 0 Å². The predicted octanol–water partition coefficient (Wildman–Crippen LogP) is 5.90. The maximum atomic E-state index is 12.7. The molecule has 0 atom stereocenters. The first kappa shape index (κ1) is 22.6. The second-order valence-corrected chi connectivity index (χ2v) is 8.39. The van der Waals surface area contributed by atoms with E-state index in [0.29, 0.717) is 12.1 Å². The van der Waals surface area contributed by atoms with Crippen LogP contribution in [0.15, 0.2) is 60.7 Å². The summed E-state index contributed by atoms with van der Waals surface area (Å²) in [7, 11) is 1.68. The minimum atomic E-state index is -0.423. The van der Waals surface area contributed by atoms with Crippen molar-refractivity contribution in [3.63, 3.8) is 0 Å². The molecule has 33 heavy (non-hydrogen) atoms. The Labute approximate surface area is 195 Å². The molecule has 2 aromatic carbocycles. The summed E-state index contributed by atoms with van der Waals surface area (Å²) in [6, 6.07) is 20.1. The zero-order chi connectivity index (χ0) is 23.4. The Kier molecular flexibility index (Phi) is 6.78. The van der Waals surface area contributed by atoms with Gasteiger partial charge in [0.15, 0.2) is 0 Å². The van der Waals surface area contributed by atoms with Gasteiger partial charge in [0.05, 0.1) is 30.4 Å². The lowest BCUT2D eigenvalue weighted by atomic mass is 10.0. The minimum absolute atomic E-state index is 0.423. The summed E-state index contributed by atoms with van der Waals surface area (Å²) in [5, 5.41) is 1.07. The Morgan fingerprint density at radius 2 is 1.79 bits per heavy atom. The van der Waals surface area contributed by atoms with Crippen LogP contribution < -0.4 is 10.5 Å². The fourth-order valence-corrected chi connectivity index (χ4v) is 4.60. The Hall–Kier alpha value is -3.60. The van der Waals surface area contributed by atoms with Crippen molar-refractivity contribution in [1.82, 2.24) is 9.55 Å². The number of rotatable bonds is 9. The first-order chi connectivity index (χ1) is 16.0. The fraction of sp³-hybridized carbons (Fsp3) is 0.286. The summed E-state index contributed by atoms with van der Waals surface area (Å²) in [5.74, 6) is 0.407. The second kappa shape index (κ2) is 9.90. The third kappa shape index (κ3) is 4.49. The number of nitrogens with two attached hydrogens (primary N) is 1. The number of methoxy groups -OCH3 is 1. The number of carbonyl (C=O) groups is 1. The average molecular weight is 442 g/mol. The van der Waals surface area contributed by atoms with E-state index in [1.807, 2.05) is 55.5 Å². The zero-order valence-corrected chi connectivity index (χ0v) is 19.6. The highest BCUT2D eigenvalue weighted by Gasteiger charge is 2.26. The van der Waals surface area contributed by atoms with Crippen molar-refractivity contribution in [3.8, 4) is 17.0 Å². The van der Waals surface area contributed by atoms with Crippen molar-refractivity contribution in [2.24, 2.45) is 5.73 Å². The van der Waals surface area contributed by atoms with Gasteiger partial charge in [-0.2, -0.15) is 0 Å². The molecule has 2 heterocycles. The minimum Gasteiger partial charge on any atom is -0.496 e. The number of ether oxygens (including phenoxy) is 1. The summed E-state index contributed by atoms with van der Waals surface area (Å²) in [4.78, 5) is 17.6. The van der Waals surface area contributed by atoms with E-state index in [4.69, 9.17) is 15.5 Å². The van der Waals surface area contributed by atoms with Gasteiger partial charge in [-0.25, -0.2) is 4.98 Å². The van der Waals surface area contributed by atoms with E-state index in [0.717, 1.165) is 70.5 Å². The topological polar surface area (TPSA) is 70.1 Å². The lowest BCUT2D eigenvalue weighted by molar-refractivity contribution is 0.1000. The fourth-order valence-electron chi connectivity index (χ4n) is 4.60. The van der Waals surface area contributed by atoms with Crippen molar-refractivity contribution < 1.29 is 9.53 Å². The quantitative estimate of drug-likeness (QED) is 0.329. The molecule has 0 saturated carbocycles. The predicted molar refractivity (Wildman–Crippen MR) is 134 cm³/mol. The molecule has 0 spiro atoms. The van der Waals surface area contributed by atoms with E-state index in [-0.39, 0.29) is 0 Å². The molecular formula is C28H31N3O2. The van der Waals surface area contributed by atoms with Gasteiger partial charge in [-0.05, 0) is 38.0 Å². The number of nitrogens with zero attached hydrogens (tertiary/aromatic N) is 2. The molecule has 0 aliphatic heterocycles. The molecule has 0 saturated heterocycles. The Morgan fingerprint density at radius 3 is 2.55 bits per heavy atom. The van der Waals surface area contributed by atoms with E-state index >= 15 is 0 Å². The normalized spacial score (nSPS) is 11.1. The highest BCUT2D eigenvalue weighted by atomic mass is 16.5. The number of pyridine rings is 1. The van der Waals surface area contributed by atoms with Crippen LogP contribution in [-0.4, -0.2) is 22.6 Å². The van der Waals surface area contributed by atoms with Gasteiger partial charge in [-0.3, -0.25) is 4.79 Å². The summed E-state index contributed by atoms with van der Waals surface area (Å²) in [6.07, 6.45) is 4.12.